The van der Waals surface area contributed by atoms with Crippen LogP contribution in [0, 0.1) is 13.8 Å². The first-order valence-electron chi connectivity index (χ1n) is 7.88. The molecule has 0 unspecified atom stereocenters. The van der Waals surface area contributed by atoms with Crippen molar-refractivity contribution < 1.29 is 10.2 Å². The first kappa shape index (κ1) is 14.7. The van der Waals surface area contributed by atoms with Crippen molar-refractivity contribution in [3.63, 3.8) is 0 Å². The zero-order valence-corrected chi connectivity index (χ0v) is 13.2. The third-order valence-electron chi connectivity index (χ3n) is 4.56. The topological polar surface area (TPSA) is 40.5 Å². The number of rotatable bonds is 2. The van der Waals surface area contributed by atoms with Crippen molar-refractivity contribution in [1.29, 1.82) is 0 Å². The summed E-state index contributed by atoms with van der Waals surface area (Å²) in [5, 5.41) is 19.5. The SMILES string of the molecule is Cc1cc(C2=C(c3ccc(O)c(C)c3)CCCC2)ccc1O. The van der Waals surface area contributed by atoms with Crippen LogP contribution in [0.1, 0.15) is 47.9 Å². The lowest BCUT2D eigenvalue weighted by molar-refractivity contribution is 0.470. The van der Waals surface area contributed by atoms with E-state index in [1.54, 1.807) is 12.1 Å². The third kappa shape index (κ3) is 2.74. The van der Waals surface area contributed by atoms with Gasteiger partial charge in [0.15, 0.2) is 0 Å². The maximum Gasteiger partial charge on any atom is 0.118 e. The molecular weight excluding hydrogens is 272 g/mol. The summed E-state index contributed by atoms with van der Waals surface area (Å²) in [6, 6.07) is 11.7. The van der Waals surface area contributed by atoms with Crippen molar-refractivity contribution in [2.75, 3.05) is 0 Å². The van der Waals surface area contributed by atoms with Crippen molar-refractivity contribution in [2.45, 2.75) is 39.5 Å². The van der Waals surface area contributed by atoms with Crippen molar-refractivity contribution >= 4 is 11.1 Å². The maximum absolute atomic E-state index is 9.75. The monoisotopic (exact) mass is 294 g/mol. The Morgan fingerprint density at radius 3 is 1.45 bits per heavy atom. The molecule has 1 aliphatic carbocycles. The molecule has 0 fully saturated rings. The average molecular weight is 294 g/mol. The highest BCUT2D eigenvalue weighted by molar-refractivity contribution is 5.92. The van der Waals surface area contributed by atoms with E-state index in [0.717, 1.165) is 24.0 Å². The van der Waals surface area contributed by atoms with Crippen LogP contribution >= 0.6 is 0 Å². The highest BCUT2D eigenvalue weighted by Gasteiger charge is 2.17. The summed E-state index contributed by atoms with van der Waals surface area (Å²) in [5.41, 5.74) is 6.99. The van der Waals surface area contributed by atoms with Gasteiger partial charge in [-0.25, -0.2) is 0 Å². The van der Waals surface area contributed by atoms with E-state index < -0.39 is 0 Å². The Hall–Kier alpha value is -2.22. The Bertz CT molecular complexity index is 678. The second kappa shape index (κ2) is 5.88. The van der Waals surface area contributed by atoms with Gasteiger partial charge in [-0.2, -0.15) is 0 Å². The molecule has 22 heavy (non-hydrogen) atoms. The summed E-state index contributed by atoms with van der Waals surface area (Å²) in [4.78, 5) is 0. The summed E-state index contributed by atoms with van der Waals surface area (Å²) in [6.45, 7) is 3.87. The van der Waals surface area contributed by atoms with E-state index in [4.69, 9.17) is 0 Å². The van der Waals surface area contributed by atoms with Gasteiger partial charge in [-0.3, -0.25) is 0 Å². The molecule has 0 amide bonds. The van der Waals surface area contributed by atoms with Gasteiger partial charge >= 0.3 is 0 Å². The standard InChI is InChI=1S/C20H22O2/c1-13-11-15(7-9-19(13)21)17-5-3-4-6-18(17)16-8-10-20(22)14(2)12-16/h7-12,21-22H,3-6H2,1-2H3. The summed E-state index contributed by atoms with van der Waals surface area (Å²) in [7, 11) is 0. The second-order valence-electron chi connectivity index (χ2n) is 6.17. The van der Waals surface area contributed by atoms with Crippen molar-refractivity contribution in [1.82, 2.24) is 0 Å². The number of phenolic OH excluding ortho intramolecular Hbond substituents is 2. The van der Waals surface area contributed by atoms with Gasteiger partial charge in [0, 0.05) is 0 Å². The number of allylic oxidation sites excluding steroid dienone is 2. The molecule has 0 saturated heterocycles. The van der Waals surface area contributed by atoms with E-state index in [1.165, 1.54) is 35.1 Å². The van der Waals surface area contributed by atoms with E-state index in [2.05, 4.69) is 12.1 Å². The minimum Gasteiger partial charge on any atom is -0.508 e. The highest BCUT2D eigenvalue weighted by Crippen LogP contribution is 2.39. The van der Waals surface area contributed by atoms with E-state index >= 15 is 0 Å². The molecule has 2 nitrogen and oxygen atoms in total. The fourth-order valence-corrected chi connectivity index (χ4v) is 3.23. The molecule has 0 bridgehead atoms. The largest absolute Gasteiger partial charge is 0.508 e. The van der Waals surface area contributed by atoms with Crippen LogP contribution in [0.5, 0.6) is 11.5 Å². The predicted molar refractivity (Wildman–Crippen MR) is 91.0 cm³/mol. The Morgan fingerprint density at radius 1 is 0.682 bits per heavy atom. The number of phenols is 2. The zero-order chi connectivity index (χ0) is 15.7. The molecule has 2 aromatic carbocycles. The van der Waals surface area contributed by atoms with Crippen molar-refractivity contribution in [2.24, 2.45) is 0 Å². The van der Waals surface area contributed by atoms with Crippen LogP contribution in [0.25, 0.3) is 11.1 Å². The number of hydrogen-bond acceptors (Lipinski definition) is 2. The van der Waals surface area contributed by atoms with Crippen LogP contribution in [0.2, 0.25) is 0 Å². The molecule has 0 radical (unpaired) electrons. The molecular formula is C20H22O2. The van der Waals surface area contributed by atoms with Crippen LogP contribution in [0.15, 0.2) is 36.4 Å². The molecule has 0 saturated carbocycles. The summed E-state index contributed by atoms with van der Waals surface area (Å²) in [5.74, 6) is 0.698. The first-order valence-corrected chi connectivity index (χ1v) is 7.88. The Balaban J connectivity index is 2.12. The molecule has 3 rings (SSSR count). The predicted octanol–water partition coefficient (Wildman–Crippen LogP) is 5.20. The average Bonchev–Trinajstić information content (AvgIpc) is 2.53. The van der Waals surface area contributed by atoms with Gasteiger partial charge < -0.3 is 10.2 Å². The maximum atomic E-state index is 9.75. The lowest BCUT2D eigenvalue weighted by Gasteiger charge is -2.22. The van der Waals surface area contributed by atoms with Gasteiger partial charge in [0.05, 0.1) is 0 Å². The molecule has 0 aromatic heterocycles. The Morgan fingerprint density at radius 2 is 1.09 bits per heavy atom. The number of hydrogen-bond donors (Lipinski definition) is 2. The molecule has 2 N–H and O–H groups in total. The van der Waals surface area contributed by atoms with E-state index in [9.17, 15) is 10.2 Å². The molecule has 1 aliphatic rings. The molecule has 2 aromatic rings. The third-order valence-corrected chi connectivity index (χ3v) is 4.56. The Labute approximate surface area is 131 Å². The van der Waals surface area contributed by atoms with Gasteiger partial charge in [-0.05, 0) is 97.2 Å². The first-order chi connectivity index (χ1) is 10.6. The van der Waals surface area contributed by atoms with Gasteiger partial charge in [0.25, 0.3) is 0 Å². The molecule has 114 valence electrons. The summed E-state index contributed by atoms with van der Waals surface area (Å²) in [6.07, 6.45) is 4.55. The Kier molecular flexibility index (Phi) is 3.93. The van der Waals surface area contributed by atoms with E-state index in [1.807, 2.05) is 26.0 Å². The van der Waals surface area contributed by atoms with Gasteiger partial charge in [0.2, 0.25) is 0 Å². The van der Waals surface area contributed by atoms with Crippen LogP contribution in [-0.4, -0.2) is 10.2 Å². The van der Waals surface area contributed by atoms with Crippen LogP contribution in [0.3, 0.4) is 0 Å². The highest BCUT2D eigenvalue weighted by atomic mass is 16.3. The van der Waals surface area contributed by atoms with Crippen molar-refractivity contribution in [3.05, 3.63) is 58.7 Å². The molecule has 2 heteroatoms. The number of aryl methyl sites for hydroxylation is 2. The van der Waals surface area contributed by atoms with Crippen molar-refractivity contribution in [3.8, 4) is 11.5 Å². The van der Waals surface area contributed by atoms with Gasteiger partial charge in [-0.1, -0.05) is 12.1 Å². The fourth-order valence-electron chi connectivity index (χ4n) is 3.23. The summed E-state index contributed by atoms with van der Waals surface area (Å²) < 4.78 is 0. The normalized spacial score (nSPS) is 15.2. The quantitative estimate of drug-likeness (QED) is 0.799. The van der Waals surface area contributed by atoms with E-state index in [-0.39, 0.29) is 0 Å². The van der Waals surface area contributed by atoms with Crippen LogP contribution in [-0.2, 0) is 0 Å². The zero-order valence-electron chi connectivity index (χ0n) is 13.2. The van der Waals surface area contributed by atoms with Crippen LogP contribution in [0.4, 0.5) is 0 Å². The van der Waals surface area contributed by atoms with Gasteiger partial charge in [0.1, 0.15) is 11.5 Å². The lowest BCUT2D eigenvalue weighted by atomic mass is 9.83. The number of benzene rings is 2. The smallest absolute Gasteiger partial charge is 0.118 e. The number of aromatic hydroxyl groups is 2. The lowest BCUT2D eigenvalue weighted by Crippen LogP contribution is -2.00. The van der Waals surface area contributed by atoms with Crippen LogP contribution < -0.4 is 0 Å². The fraction of sp³-hybridized carbons (Fsp3) is 0.300. The molecule has 0 spiro atoms. The molecule has 0 atom stereocenters. The minimum absolute atomic E-state index is 0.349. The minimum atomic E-state index is 0.349. The van der Waals surface area contributed by atoms with Gasteiger partial charge in [-0.15, -0.1) is 0 Å². The molecule has 0 heterocycles. The molecule has 0 aliphatic heterocycles. The second-order valence-corrected chi connectivity index (χ2v) is 6.17. The summed E-state index contributed by atoms with van der Waals surface area (Å²) >= 11 is 0. The van der Waals surface area contributed by atoms with E-state index in [0.29, 0.717) is 11.5 Å².